The van der Waals surface area contributed by atoms with Gasteiger partial charge in [0, 0.05) is 17.2 Å². The smallest absolute Gasteiger partial charge is 0.271 e. The standard InChI is InChI=1S/C17H18N2O5/c1-22-14-9-16(24-3)15(23-2)8-12(14)10-18-19-17(21)11-4-6-13(20)7-5-11/h4-10,20H,1-3H3,(H,19,21)/b18-10+. The van der Waals surface area contributed by atoms with Crippen LogP contribution in [0.2, 0.25) is 0 Å². The first-order valence-corrected chi connectivity index (χ1v) is 7.01. The summed E-state index contributed by atoms with van der Waals surface area (Å²) >= 11 is 0. The minimum atomic E-state index is -0.398. The molecule has 2 aromatic rings. The fraction of sp³-hybridized carbons (Fsp3) is 0.176. The number of phenols is 1. The van der Waals surface area contributed by atoms with E-state index in [1.165, 1.54) is 51.8 Å². The van der Waals surface area contributed by atoms with E-state index in [-0.39, 0.29) is 5.75 Å². The number of phenolic OH excluding ortho intramolecular Hbond substituents is 1. The number of rotatable bonds is 6. The molecule has 0 spiro atoms. The number of carbonyl (C=O) groups is 1. The zero-order valence-electron chi connectivity index (χ0n) is 13.6. The second kappa shape index (κ2) is 7.87. The molecule has 2 N–H and O–H groups in total. The minimum absolute atomic E-state index is 0.0881. The summed E-state index contributed by atoms with van der Waals surface area (Å²) in [4.78, 5) is 11.9. The minimum Gasteiger partial charge on any atom is -0.508 e. The lowest BCUT2D eigenvalue weighted by Crippen LogP contribution is -2.17. The molecule has 2 aromatic carbocycles. The van der Waals surface area contributed by atoms with Crippen molar-refractivity contribution >= 4 is 12.1 Å². The molecule has 0 bridgehead atoms. The second-order valence-corrected chi connectivity index (χ2v) is 4.70. The number of hydrogen-bond donors (Lipinski definition) is 2. The zero-order chi connectivity index (χ0) is 17.5. The van der Waals surface area contributed by atoms with E-state index in [1.807, 2.05) is 0 Å². The van der Waals surface area contributed by atoms with Crippen LogP contribution in [0.4, 0.5) is 0 Å². The summed E-state index contributed by atoms with van der Waals surface area (Å²) < 4.78 is 15.7. The van der Waals surface area contributed by atoms with Crippen LogP contribution in [0.1, 0.15) is 15.9 Å². The van der Waals surface area contributed by atoms with Crippen molar-refractivity contribution in [1.29, 1.82) is 0 Å². The number of hydrogen-bond acceptors (Lipinski definition) is 6. The van der Waals surface area contributed by atoms with Crippen molar-refractivity contribution in [2.24, 2.45) is 5.10 Å². The van der Waals surface area contributed by atoms with Crippen LogP contribution in [0.3, 0.4) is 0 Å². The molecule has 0 saturated carbocycles. The quantitative estimate of drug-likeness (QED) is 0.626. The third-order valence-electron chi connectivity index (χ3n) is 3.24. The summed E-state index contributed by atoms with van der Waals surface area (Å²) in [7, 11) is 4.58. The maximum Gasteiger partial charge on any atom is 0.271 e. The van der Waals surface area contributed by atoms with Gasteiger partial charge in [-0.1, -0.05) is 0 Å². The average molecular weight is 330 g/mol. The predicted octanol–water partition coefficient (Wildman–Crippen LogP) is 2.18. The van der Waals surface area contributed by atoms with Crippen LogP contribution in [0.25, 0.3) is 0 Å². The molecule has 0 atom stereocenters. The summed E-state index contributed by atoms with van der Waals surface area (Å²) in [6.07, 6.45) is 1.44. The van der Waals surface area contributed by atoms with Gasteiger partial charge in [-0.15, -0.1) is 0 Å². The Balaban J connectivity index is 2.16. The topological polar surface area (TPSA) is 89.4 Å². The van der Waals surface area contributed by atoms with Gasteiger partial charge in [0.05, 0.1) is 27.5 Å². The van der Waals surface area contributed by atoms with Crippen molar-refractivity contribution in [3.8, 4) is 23.0 Å². The maximum absolute atomic E-state index is 11.9. The van der Waals surface area contributed by atoms with E-state index < -0.39 is 5.91 Å². The molecular formula is C17H18N2O5. The summed E-state index contributed by atoms with van der Waals surface area (Å²) in [6, 6.07) is 9.20. The number of nitrogens with zero attached hydrogens (tertiary/aromatic N) is 1. The van der Waals surface area contributed by atoms with Crippen LogP contribution in [-0.2, 0) is 0 Å². The van der Waals surface area contributed by atoms with Crippen LogP contribution < -0.4 is 19.6 Å². The molecule has 0 aliphatic heterocycles. The van der Waals surface area contributed by atoms with Crippen LogP contribution in [-0.4, -0.2) is 38.6 Å². The average Bonchev–Trinajstić information content (AvgIpc) is 2.61. The maximum atomic E-state index is 11.9. The zero-order valence-corrected chi connectivity index (χ0v) is 13.6. The fourth-order valence-corrected chi connectivity index (χ4v) is 1.99. The van der Waals surface area contributed by atoms with Crippen molar-refractivity contribution in [2.75, 3.05) is 21.3 Å². The Morgan fingerprint density at radius 2 is 1.58 bits per heavy atom. The number of methoxy groups -OCH3 is 3. The van der Waals surface area contributed by atoms with E-state index >= 15 is 0 Å². The molecule has 0 saturated heterocycles. The number of aromatic hydroxyl groups is 1. The van der Waals surface area contributed by atoms with Gasteiger partial charge < -0.3 is 19.3 Å². The molecule has 0 fully saturated rings. The third-order valence-corrected chi connectivity index (χ3v) is 3.24. The van der Waals surface area contributed by atoms with Crippen LogP contribution in [0.5, 0.6) is 23.0 Å². The number of hydrazone groups is 1. The molecule has 0 unspecified atom stereocenters. The van der Waals surface area contributed by atoms with Crippen molar-refractivity contribution < 1.29 is 24.1 Å². The van der Waals surface area contributed by atoms with Gasteiger partial charge in [0.25, 0.3) is 5.91 Å². The van der Waals surface area contributed by atoms with Gasteiger partial charge in [0.1, 0.15) is 11.5 Å². The number of ether oxygens (including phenoxy) is 3. The highest BCUT2D eigenvalue weighted by atomic mass is 16.5. The lowest BCUT2D eigenvalue weighted by atomic mass is 10.2. The van der Waals surface area contributed by atoms with Gasteiger partial charge in [-0.05, 0) is 30.3 Å². The molecule has 24 heavy (non-hydrogen) atoms. The third kappa shape index (κ3) is 3.95. The first kappa shape index (κ1) is 17.1. The molecule has 7 nitrogen and oxygen atoms in total. The monoisotopic (exact) mass is 330 g/mol. The highest BCUT2D eigenvalue weighted by molar-refractivity contribution is 5.95. The van der Waals surface area contributed by atoms with Gasteiger partial charge in [0.2, 0.25) is 0 Å². The Morgan fingerprint density at radius 1 is 1.00 bits per heavy atom. The van der Waals surface area contributed by atoms with Gasteiger partial charge in [0.15, 0.2) is 11.5 Å². The Kier molecular flexibility index (Phi) is 5.62. The molecule has 0 heterocycles. The number of amides is 1. The Hall–Kier alpha value is -3.22. The van der Waals surface area contributed by atoms with Crippen molar-refractivity contribution in [3.05, 3.63) is 47.5 Å². The van der Waals surface area contributed by atoms with Gasteiger partial charge in [-0.25, -0.2) is 5.43 Å². The predicted molar refractivity (Wildman–Crippen MR) is 89.3 cm³/mol. The SMILES string of the molecule is COc1cc(OC)c(OC)cc1/C=N/NC(=O)c1ccc(O)cc1. The largest absolute Gasteiger partial charge is 0.508 e. The molecule has 126 valence electrons. The van der Waals surface area contributed by atoms with Crippen LogP contribution in [0.15, 0.2) is 41.5 Å². The fourth-order valence-electron chi connectivity index (χ4n) is 1.99. The molecule has 1 amide bonds. The second-order valence-electron chi connectivity index (χ2n) is 4.70. The summed E-state index contributed by atoms with van der Waals surface area (Å²) in [5.74, 6) is 1.26. The number of carbonyl (C=O) groups excluding carboxylic acids is 1. The Labute approximate surface area is 139 Å². The van der Waals surface area contributed by atoms with Gasteiger partial charge >= 0.3 is 0 Å². The molecule has 0 aliphatic carbocycles. The summed E-state index contributed by atoms with van der Waals surface area (Å²) in [6.45, 7) is 0. The Bertz CT molecular complexity index is 741. The lowest BCUT2D eigenvalue weighted by molar-refractivity contribution is 0.0955. The molecular weight excluding hydrogens is 312 g/mol. The first-order chi connectivity index (χ1) is 11.6. The number of nitrogens with one attached hydrogen (secondary N) is 1. The van der Waals surface area contributed by atoms with Crippen molar-refractivity contribution in [3.63, 3.8) is 0 Å². The highest BCUT2D eigenvalue weighted by Crippen LogP contribution is 2.33. The molecule has 0 aromatic heterocycles. The molecule has 2 rings (SSSR count). The van der Waals surface area contributed by atoms with E-state index in [4.69, 9.17) is 14.2 Å². The van der Waals surface area contributed by atoms with Crippen molar-refractivity contribution in [1.82, 2.24) is 5.43 Å². The van der Waals surface area contributed by atoms with E-state index in [9.17, 15) is 9.90 Å². The first-order valence-electron chi connectivity index (χ1n) is 7.01. The lowest BCUT2D eigenvalue weighted by Gasteiger charge is -2.11. The molecule has 0 radical (unpaired) electrons. The Morgan fingerprint density at radius 3 is 2.17 bits per heavy atom. The molecule has 7 heteroatoms. The van der Waals surface area contributed by atoms with Crippen LogP contribution >= 0.6 is 0 Å². The summed E-state index contributed by atoms with van der Waals surface area (Å²) in [5, 5.41) is 13.1. The van der Waals surface area contributed by atoms with E-state index in [0.29, 0.717) is 28.4 Å². The van der Waals surface area contributed by atoms with Crippen LogP contribution in [0, 0.1) is 0 Å². The highest BCUT2D eigenvalue weighted by Gasteiger charge is 2.10. The van der Waals surface area contributed by atoms with Gasteiger partial charge in [-0.3, -0.25) is 4.79 Å². The van der Waals surface area contributed by atoms with E-state index in [0.717, 1.165) is 0 Å². The van der Waals surface area contributed by atoms with Gasteiger partial charge in [-0.2, -0.15) is 5.10 Å². The van der Waals surface area contributed by atoms with Crippen molar-refractivity contribution in [2.45, 2.75) is 0 Å². The van der Waals surface area contributed by atoms with E-state index in [1.54, 1.807) is 12.1 Å². The van der Waals surface area contributed by atoms with E-state index in [2.05, 4.69) is 10.5 Å². The normalized spacial score (nSPS) is 10.5. The summed E-state index contributed by atoms with van der Waals surface area (Å²) in [5.41, 5.74) is 3.40. The number of benzene rings is 2. The molecule has 0 aliphatic rings.